The van der Waals surface area contributed by atoms with Crippen LogP contribution in [0.2, 0.25) is 0 Å². The first kappa shape index (κ1) is 28.5. The summed E-state index contributed by atoms with van der Waals surface area (Å²) in [6.45, 7) is 10.1. The van der Waals surface area contributed by atoms with Crippen LogP contribution in [0.3, 0.4) is 0 Å². The Morgan fingerprint density at radius 3 is 2.14 bits per heavy atom. The molecule has 1 aliphatic rings. The second-order valence-electron chi connectivity index (χ2n) is 10.7. The van der Waals surface area contributed by atoms with E-state index in [-0.39, 0.29) is 16.1 Å². The molecule has 1 fully saturated rings. The van der Waals surface area contributed by atoms with Crippen LogP contribution < -0.4 is 19.2 Å². The van der Waals surface area contributed by atoms with Gasteiger partial charge < -0.3 is 9.47 Å². The van der Waals surface area contributed by atoms with Crippen molar-refractivity contribution in [2.24, 2.45) is 16.4 Å². The van der Waals surface area contributed by atoms with Gasteiger partial charge in [-0.15, -0.1) is 0 Å². The molecule has 8 nitrogen and oxygen atoms in total. The van der Waals surface area contributed by atoms with Crippen LogP contribution in [0.4, 0.5) is 5.69 Å². The molecule has 0 bridgehead atoms. The third-order valence-electron chi connectivity index (χ3n) is 6.85. The largest absolute Gasteiger partial charge is 0.493 e. The van der Waals surface area contributed by atoms with Crippen LogP contribution in [0, 0.1) is 25.2 Å². The molecule has 0 unspecified atom stereocenters. The fourth-order valence-electron chi connectivity index (χ4n) is 4.75. The van der Waals surface area contributed by atoms with Crippen molar-refractivity contribution < 1.29 is 22.7 Å². The van der Waals surface area contributed by atoms with Crippen LogP contribution in [-0.2, 0) is 14.8 Å². The molecule has 1 N–H and O–H groups in total. The zero-order valence-corrected chi connectivity index (χ0v) is 23.7. The molecule has 1 saturated carbocycles. The lowest BCUT2D eigenvalue weighted by Crippen LogP contribution is -2.40. The molecule has 0 aromatic heterocycles. The molecule has 0 atom stereocenters. The Morgan fingerprint density at radius 2 is 1.59 bits per heavy atom. The lowest BCUT2D eigenvalue weighted by molar-refractivity contribution is -0.119. The molecule has 9 heteroatoms. The van der Waals surface area contributed by atoms with Gasteiger partial charge in [0.05, 0.1) is 24.8 Å². The number of carbonyl (C=O) groups is 1. The number of aryl methyl sites for hydroxylation is 2. The monoisotopic (exact) mass is 529 g/mol. The number of amides is 1. The Bertz CT molecular complexity index is 1230. The molecule has 37 heavy (non-hydrogen) atoms. The van der Waals surface area contributed by atoms with E-state index in [0.29, 0.717) is 17.4 Å². The topological polar surface area (TPSA) is 97.3 Å². The Labute approximate surface area is 221 Å². The van der Waals surface area contributed by atoms with Crippen molar-refractivity contribution >= 4 is 27.3 Å². The summed E-state index contributed by atoms with van der Waals surface area (Å²) in [5, 5.41) is 4.35. The molecule has 0 radical (unpaired) electrons. The van der Waals surface area contributed by atoms with Crippen LogP contribution in [0.1, 0.15) is 57.6 Å². The van der Waals surface area contributed by atoms with Crippen LogP contribution in [-0.4, -0.2) is 40.8 Å². The summed E-state index contributed by atoms with van der Waals surface area (Å²) in [5.41, 5.74) is 5.97. The number of anilines is 1. The van der Waals surface area contributed by atoms with E-state index in [2.05, 4.69) is 31.3 Å². The van der Waals surface area contributed by atoms with Crippen LogP contribution >= 0.6 is 0 Å². The molecule has 202 valence electrons. The number of ether oxygens (including phenoxy) is 2. The van der Waals surface area contributed by atoms with Gasteiger partial charge in [0.1, 0.15) is 6.54 Å². The number of hydrogen-bond acceptors (Lipinski definition) is 6. The number of carbonyl (C=O) groups excluding carboxylic acids is 1. The highest BCUT2D eigenvalue weighted by Gasteiger charge is 2.30. The van der Waals surface area contributed by atoms with E-state index in [1.54, 1.807) is 12.1 Å². The van der Waals surface area contributed by atoms with Crippen molar-refractivity contribution in [3.05, 3.63) is 47.5 Å². The van der Waals surface area contributed by atoms with Crippen molar-refractivity contribution in [3.8, 4) is 11.5 Å². The van der Waals surface area contributed by atoms with Crippen LogP contribution in [0.15, 0.2) is 46.4 Å². The van der Waals surface area contributed by atoms with Gasteiger partial charge in [0.25, 0.3) is 15.9 Å². The van der Waals surface area contributed by atoms with Crippen LogP contribution in [0.25, 0.3) is 0 Å². The Hall–Kier alpha value is -3.07. The van der Waals surface area contributed by atoms with Gasteiger partial charge in [-0.05, 0) is 86.3 Å². The van der Waals surface area contributed by atoms with Crippen LogP contribution in [0.5, 0.6) is 11.5 Å². The highest BCUT2D eigenvalue weighted by atomic mass is 32.2. The summed E-state index contributed by atoms with van der Waals surface area (Å²) in [4.78, 5) is 13.0. The number of nitrogens with zero attached hydrogens (tertiary/aromatic N) is 2. The summed E-state index contributed by atoms with van der Waals surface area (Å²) in [6.07, 6.45) is 3.71. The predicted molar refractivity (Wildman–Crippen MR) is 147 cm³/mol. The first-order valence-electron chi connectivity index (χ1n) is 12.5. The minimum atomic E-state index is -4.12. The van der Waals surface area contributed by atoms with E-state index in [9.17, 15) is 13.2 Å². The number of hydrazone groups is 1. The normalized spacial score (nSPS) is 16.2. The molecule has 0 heterocycles. The maximum atomic E-state index is 13.8. The van der Waals surface area contributed by atoms with Crippen molar-refractivity contribution in [3.63, 3.8) is 0 Å². The first-order chi connectivity index (χ1) is 17.3. The molecule has 2 aromatic carbocycles. The van der Waals surface area contributed by atoms with E-state index >= 15 is 0 Å². The highest BCUT2D eigenvalue weighted by Crippen LogP contribution is 2.37. The van der Waals surface area contributed by atoms with Crippen molar-refractivity contribution in [2.45, 2.75) is 65.2 Å². The number of nitrogens with one attached hydrogen (secondary N) is 1. The maximum absolute atomic E-state index is 13.8. The average Bonchev–Trinajstić information content (AvgIpc) is 2.84. The van der Waals surface area contributed by atoms with E-state index in [4.69, 9.17) is 9.47 Å². The Kier molecular flexibility index (Phi) is 8.89. The van der Waals surface area contributed by atoms with Gasteiger partial charge in [0.2, 0.25) is 0 Å². The maximum Gasteiger partial charge on any atom is 0.264 e. The first-order valence-corrected chi connectivity index (χ1v) is 14.0. The van der Waals surface area contributed by atoms with Gasteiger partial charge in [-0.2, -0.15) is 5.10 Å². The van der Waals surface area contributed by atoms with Gasteiger partial charge in [-0.25, -0.2) is 13.8 Å². The quantitative estimate of drug-likeness (QED) is 0.473. The van der Waals surface area contributed by atoms with Crippen molar-refractivity contribution in [1.29, 1.82) is 0 Å². The Morgan fingerprint density at radius 1 is 1.00 bits per heavy atom. The summed E-state index contributed by atoms with van der Waals surface area (Å²) >= 11 is 0. The fraction of sp³-hybridized carbons (Fsp3) is 0.500. The van der Waals surface area contributed by atoms with E-state index in [1.165, 1.54) is 32.4 Å². The smallest absolute Gasteiger partial charge is 0.264 e. The predicted octanol–water partition coefficient (Wildman–Crippen LogP) is 5.22. The highest BCUT2D eigenvalue weighted by molar-refractivity contribution is 7.92. The third-order valence-corrected chi connectivity index (χ3v) is 8.62. The van der Waals surface area contributed by atoms with Crippen molar-refractivity contribution in [1.82, 2.24) is 5.43 Å². The summed E-state index contributed by atoms with van der Waals surface area (Å²) in [7, 11) is -1.20. The molecule has 1 aliphatic carbocycles. The number of benzene rings is 2. The standard InChI is InChI=1S/C28H39N3O5S/c1-19-14-20(2)16-23(15-19)31(37(33,34)24-12-13-25(35-6)26(17-24)36-7)18-27(32)30-29-22-10-8-21(9-11-22)28(3,4)5/h12-17,21H,8-11,18H2,1-7H3,(H,30,32). The molecule has 2 aromatic rings. The van der Waals surface area contributed by atoms with Gasteiger partial charge in [0, 0.05) is 11.8 Å². The molecule has 1 amide bonds. The third kappa shape index (κ3) is 7.03. The number of hydrogen-bond donors (Lipinski definition) is 1. The number of methoxy groups -OCH3 is 2. The average molecular weight is 530 g/mol. The second kappa shape index (κ2) is 11.5. The minimum Gasteiger partial charge on any atom is -0.493 e. The van der Waals surface area contributed by atoms with Gasteiger partial charge >= 0.3 is 0 Å². The second-order valence-corrected chi connectivity index (χ2v) is 12.6. The summed E-state index contributed by atoms with van der Waals surface area (Å²) in [5.74, 6) is 0.808. The van der Waals surface area contributed by atoms with E-state index in [1.807, 2.05) is 19.9 Å². The van der Waals surface area contributed by atoms with E-state index < -0.39 is 22.5 Å². The minimum absolute atomic E-state index is 0.0103. The van der Waals surface area contributed by atoms with Crippen molar-refractivity contribution in [2.75, 3.05) is 25.1 Å². The van der Waals surface area contributed by atoms with E-state index in [0.717, 1.165) is 46.8 Å². The molecule has 0 saturated heterocycles. The molecular formula is C28H39N3O5S. The molecule has 0 spiro atoms. The lowest BCUT2D eigenvalue weighted by atomic mass is 9.72. The lowest BCUT2D eigenvalue weighted by Gasteiger charge is -2.34. The molecular weight excluding hydrogens is 490 g/mol. The number of rotatable bonds is 8. The summed E-state index contributed by atoms with van der Waals surface area (Å²) in [6, 6.07) is 9.82. The zero-order valence-electron chi connectivity index (χ0n) is 22.9. The van der Waals surface area contributed by atoms with Gasteiger partial charge in [-0.3, -0.25) is 9.10 Å². The molecule has 0 aliphatic heterocycles. The fourth-order valence-corrected chi connectivity index (χ4v) is 6.17. The van der Waals surface area contributed by atoms with Gasteiger partial charge in [0.15, 0.2) is 11.5 Å². The SMILES string of the molecule is COc1ccc(S(=O)(=O)N(CC(=O)NN=C2CCC(C(C)(C)C)CC2)c2cc(C)cc(C)c2)cc1OC. The summed E-state index contributed by atoms with van der Waals surface area (Å²) < 4.78 is 39.3. The Balaban J connectivity index is 1.87. The zero-order chi connectivity index (χ0) is 27.4. The number of sulfonamides is 1. The van der Waals surface area contributed by atoms with Gasteiger partial charge in [-0.1, -0.05) is 26.8 Å². The molecule has 3 rings (SSSR count).